The third kappa shape index (κ3) is 5.98. The van der Waals surface area contributed by atoms with Gasteiger partial charge in [-0.25, -0.2) is 8.78 Å². The third-order valence-corrected chi connectivity index (χ3v) is 5.87. The van der Waals surface area contributed by atoms with Crippen molar-refractivity contribution in [1.82, 2.24) is 20.3 Å². The molecule has 0 radical (unpaired) electrons. The van der Waals surface area contributed by atoms with E-state index in [1.807, 2.05) is 0 Å². The first-order valence-corrected chi connectivity index (χ1v) is 11.2. The fourth-order valence-corrected chi connectivity index (χ4v) is 4.03. The Balaban J connectivity index is 1.63. The van der Waals surface area contributed by atoms with Gasteiger partial charge in [0.05, 0.1) is 16.8 Å². The first-order chi connectivity index (χ1) is 16.6. The molecule has 1 aliphatic rings. The summed E-state index contributed by atoms with van der Waals surface area (Å²) in [6.45, 7) is 1.16. The molecular weight excluding hydrogens is 473 g/mol. The highest BCUT2D eigenvalue weighted by atomic mass is 19.4. The molecule has 0 saturated heterocycles. The number of aromatic nitrogens is 3. The van der Waals surface area contributed by atoms with Crippen LogP contribution in [0, 0.1) is 5.92 Å². The molecule has 4 rings (SSSR count). The maximum absolute atomic E-state index is 13.3. The number of para-hydroxylation sites is 1. The number of imidazole rings is 1. The van der Waals surface area contributed by atoms with Gasteiger partial charge in [-0.3, -0.25) is 4.79 Å². The number of hydrogen-bond donors (Lipinski definition) is 3. The molecule has 0 aliphatic heterocycles. The molecule has 0 unspecified atom stereocenters. The topological polar surface area (TPSA) is 91.9 Å². The lowest BCUT2D eigenvalue weighted by Crippen LogP contribution is -2.37. The molecule has 0 atom stereocenters. The number of rotatable bonds is 7. The van der Waals surface area contributed by atoms with Crippen molar-refractivity contribution in [1.29, 1.82) is 0 Å². The first-order valence-electron chi connectivity index (χ1n) is 11.2. The van der Waals surface area contributed by atoms with Gasteiger partial charge in [0.25, 0.3) is 12.3 Å². The van der Waals surface area contributed by atoms with Crippen LogP contribution in [-0.4, -0.2) is 39.9 Å². The van der Waals surface area contributed by atoms with E-state index in [4.69, 9.17) is 4.74 Å². The summed E-state index contributed by atoms with van der Waals surface area (Å²) < 4.78 is 70.6. The van der Waals surface area contributed by atoms with Crippen molar-refractivity contribution in [2.45, 2.75) is 51.3 Å². The molecule has 2 aromatic heterocycles. The molecule has 1 saturated carbocycles. The summed E-state index contributed by atoms with van der Waals surface area (Å²) >= 11 is 0. The Bertz CT molecular complexity index is 1190. The number of pyridine rings is 1. The van der Waals surface area contributed by atoms with E-state index in [0.717, 1.165) is 31.7 Å². The number of benzene rings is 1. The van der Waals surface area contributed by atoms with Crippen LogP contribution in [-0.2, 0) is 6.18 Å². The Kier molecular flexibility index (Phi) is 7.08. The normalized spacial score (nSPS) is 18.6. The van der Waals surface area contributed by atoms with Crippen LogP contribution in [0.15, 0.2) is 30.3 Å². The van der Waals surface area contributed by atoms with Crippen molar-refractivity contribution < 1.29 is 31.5 Å². The van der Waals surface area contributed by atoms with Gasteiger partial charge in [-0.2, -0.15) is 23.1 Å². The molecule has 188 valence electrons. The molecule has 1 fully saturated rings. The van der Waals surface area contributed by atoms with Crippen LogP contribution in [0.4, 0.5) is 33.6 Å². The van der Waals surface area contributed by atoms with E-state index >= 15 is 0 Å². The van der Waals surface area contributed by atoms with E-state index in [-0.39, 0.29) is 40.3 Å². The average molecular weight is 497 g/mol. The summed E-state index contributed by atoms with van der Waals surface area (Å²) in [5, 5.41) is 5.47. The number of nitrogens with zero attached hydrogens (tertiary/aromatic N) is 2. The third-order valence-electron chi connectivity index (χ3n) is 5.87. The van der Waals surface area contributed by atoms with Gasteiger partial charge in [0.15, 0.2) is 12.3 Å². The zero-order valence-electron chi connectivity index (χ0n) is 18.8. The summed E-state index contributed by atoms with van der Waals surface area (Å²) in [6, 6.07) is 6.15. The summed E-state index contributed by atoms with van der Waals surface area (Å²) in [4.78, 5) is 23.9. The van der Waals surface area contributed by atoms with E-state index in [2.05, 4.69) is 32.5 Å². The minimum Gasteiger partial charge on any atom is -0.471 e. The number of ether oxygens (including phenoxy) is 1. The Morgan fingerprint density at radius 2 is 1.89 bits per heavy atom. The molecule has 1 amide bonds. The molecule has 1 aromatic carbocycles. The van der Waals surface area contributed by atoms with Gasteiger partial charge in [0.1, 0.15) is 5.56 Å². The summed E-state index contributed by atoms with van der Waals surface area (Å²) in [6.07, 6.45) is -3.86. The van der Waals surface area contributed by atoms with Gasteiger partial charge in [-0.05, 0) is 49.8 Å². The lowest BCUT2D eigenvalue weighted by atomic mass is 9.87. The summed E-state index contributed by atoms with van der Waals surface area (Å²) in [7, 11) is 0. The summed E-state index contributed by atoms with van der Waals surface area (Å²) in [5.74, 6) is -0.352. The van der Waals surface area contributed by atoms with Gasteiger partial charge >= 0.3 is 6.18 Å². The van der Waals surface area contributed by atoms with Crippen LogP contribution in [0.5, 0.6) is 5.88 Å². The standard InChI is InChI=1S/C23H24F5N5O2/c1-12-6-8-13(9-7-12)29-20(34)14-10-17-19(32-21(14)35-11-18(24)25)33-22(31-17)30-16-5-3-2-4-15(16)23(26,27)28/h2-5,10,12-13,18H,6-9,11H2,1H3,(H,29,34)(H2,30,31,32,33). The first kappa shape index (κ1) is 24.7. The molecule has 0 spiro atoms. The van der Waals surface area contributed by atoms with Crippen molar-refractivity contribution in [3.63, 3.8) is 0 Å². The predicted octanol–water partition coefficient (Wildman–Crippen LogP) is 5.67. The quantitative estimate of drug-likeness (QED) is 0.366. The Morgan fingerprint density at radius 1 is 1.17 bits per heavy atom. The molecule has 35 heavy (non-hydrogen) atoms. The summed E-state index contributed by atoms with van der Waals surface area (Å²) in [5.41, 5.74) is -0.982. The number of amides is 1. The molecule has 3 aromatic rings. The average Bonchev–Trinajstić information content (AvgIpc) is 3.19. The molecule has 12 heteroatoms. The van der Waals surface area contributed by atoms with Crippen molar-refractivity contribution in [3.8, 4) is 5.88 Å². The number of carbonyl (C=O) groups is 1. The molecule has 3 N–H and O–H groups in total. The second-order valence-electron chi connectivity index (χ2n) is 8.60. The Morgan fingerprint density at radius 3 is 2.57 bits per heavy atom. The zero-order valence-corrected chi connectivity index (χ0v) is 18.8. The molecule has 7 nitrogen and oxygen atoms in total. The number of halogens is 5. The van der Waals surface area contributed by atoms with Crippen LogP contribution >= 0.6 is 0 Å². The molecule has 0 bridgehead atoms. The second-order valence-corrected chi connectivity index (χ2v) is 8.60. The number of nitrogens with one attached hydrogen (secondary N) is 3. The largest absolute Gasteiger partial charge is 0.471 e. The van der Waals surface area contributed by atoms with E-state index < -0.39 is 30.7 Å². The highest BCUT2D eigenvalue weighted by Crippen LogP contribution is 2.36. The maximum Gasteiger partial charge on any atom is 0.418 e. The van der Waals surface area contributed by atoms with Crippen molar-refractivity contribution >= 4 is 28.7 Å². The van der Waals surface area contributed by atoms with Gasteiger partial charge < -0.3 is 20.4 Å². The van der Waals surface area contributed by atoms with Gasteiger partial charge in [0.2, 0.25) is 11.8 Å². The smallest absolute Gasteiger partial charge is 0.418 e. The van der Waals surface area contributed by atoms with Gasteiger partial charge in [-0.15, -0.1) is 0 Å². The number of anilines is 2. The van der Waals surface area contributed by atoms with Crippen LogP contribution in [0.25, 0.3) is 11.2 Å². The highest BCUT2D eigenvalue weighted by Gasteiger charge is 2.33. The zero-order chi connectivity index (χ0) is 25.2. The monoisotopic (exact) mass is 497 g/mol. The fourth-order valence-electron chi connectivity index (χ4n) is 4.03. The van der Waals surface area contributed by atoms with Crippen LogP contribution < -0.4 is 15.4 Å². The minimum atomic E-state index is -4.59. The van der Waals surface area contributed by atoms with Gasteiger partial charge in [0, 0.05) is 6.04 Å². The maximum atomic E-state index is 13.3. The van der Waals surface area contributed by atoms with Crippen LogP contribution in [0.1, 0.15) is 48.5 Å². The number of carbonyl (C=O) groups excluding carboxylic acids is 1. The Hall–Kier alpha value is -3.44. The minimum absolute atomic E-state index is 0.00991. The number of aromatic amines is 1. The van der Waals surface area contributed by atoms with Crippen LogP contribution in [0.3, 0.4) is 0 Å². The van der Waals surface area contributed by atoms with E-state index in [9.17, 15) is 26.7 Å². The number of alkyl halides is 5. The van der Waals surface area contributed by atoms with Crippen molar-refractivity contribution in [2.75, 3.05) is 11.9 Å². The lowest BCUT2D eigenvalue weighted by molar-refractivity contribution is -0.136. The predicted molar refractivity (Wildman–Crippen MR) is 119 cm³/mol. The fraction of sp³-hybridized carbons (Fsp3) is 0.435. The van der Waals surface area contributed by atoms with E-state index in [0.29, 0.717) is 5.92 Å². The highest BCUT2D eigenvalue weighted by molar-refractivity contribution is 5.99. The number of fused-ring (bicyclic) bond motifs is 1. The Labute approximate surface area is 197 Å². The van der Waals surface area contributed by atoms with Crippen LogP contribution in [0.2, 0.25) is 0 Å². The van der Waals surface area contributed by atoms with Crippen molar-refractivity contribution in [2.24, 2.45) is 5.92 Å². The number of hydrogen-bond acceptors (Lipinski definition) is 5. The van der Waals surface area contributed by atoms with E-state index in [1.54, 1.807) is 0 Å². The van der Waals surface area contributed by atoms with Crippen molar-refractivity contribution in [3.05, 3.63) is 41.5 Å². The number of H-pyrrole nitrogens is 1. The molecule has 1 aliphatic carbocycles. The second kappa shape index (κ2) is 10.0. The molecular formula is C23H24F5N5O2. The molecule has 2 heterocycles. The van der Waals surface area contributed by atoms with Gasteiger partial charge in [-0.1, -0.05) is 19.1 Å². The van der Waals surface area contributed by atoms with E-state index in [1.165, 1.54) is 24.3 Å². The SMILES string of the molecule is CC1CCC(NC(=O)c2cc3[nH]c(Nc4ccccc4C(F)(F)F)nc3nc2OCC(F)F)CC1. The lowest BCUT2D eigenvalue weighted by Gasteiger charge is -2.27.